The van der Waals surface area contributed by atoms with Gasteiger partial charge in [-0.05, 0) is 19.8 Å². The van der Waals surface area contributed by atoms with Gasteiger partial charge in [0.15, 0.2) is 0 Å². The standard InChI is InChI=1S/C9H16O5.C8H14O4.Ca.2H/c1-7(2)8(13)14-6-9(3-10,4-11)5-12;9-7(10)5-3-1-2-4-6-8(11)12;;;/h10-12H,1,3-6H2,2H3;1-6H2,(H,9,10)(H,11,12);;;/q;;+2;2*-1. The molecule has 0 heterocycles. The smallest absolute Gasteiger partial charge is 1.00 e. The Hall–Kier alpha value is -0.710. The Labute approximate surface area is 192 Å². The van der Waals surface area contributed by atoms with E-state index in [1.807, 2.05) is 0 Å². The average Bonchev–Trinajstić information content (AvgIpc) is 2.59. The van der Waals surface area contributed by atoms with Crippen LogP contribution in [0.5, 0.6) is 0 Å². The van der Waals surface area contributed by atoms with Gasteiger partial charge in [-0.3, -0.25) is 9.59 Å². The van der Waals surface area contributed by atoms with E-state index in [9.17, 15) is 14.4 Å². The van der Waals surface area contributed by atoms with E-state index in [-0.39, 0.29) is 65.6 Å². The monoisotopic (exact) mass is 420 g/mol. The van der Waals surface area contributed by atoms with Gasteiger partial charge in [0.1, 0.15) is 6.61 Å². The van der Waals surface area contributed by atoms with Gasteiger partial charge in [0.25, 0.3) is 0 Å². The van der Waals surface area contributed by atoms with Crippen molar-refractivity contribution >= 4 is 55.6 Å². The number of rotatable bonds is 13. The number of carbonyl (C=O) groups is 3. The van der Waals surface area contributed by atoms with Crippen LogP contribution in [0, 0.1) is 5.41 Å². The van der Waals surface area contributed by atoms with Crippen LogP contribution in [0.25, 0.3) is 0 Å². The van der Waals surface area contributed by atoms with Crippen molar-refractivity contribution in [3.63, 3.8) is 0 Å². The summed E-state index contributed by atoms with van der Waals surface area (Å²) < 4.78 is 4.72. The molecule has 0 aromatic carbocycles. The van der Waals surface area contributed by atoms with Crippen molar-refractivity contribution in [3.05, 3.63) is 12.2 Å². The molecular weight excluding hydrogens is 388 g/mol. The normalized spacial score (nSPS) is 10.1. The van der Waals surface area contributed by atoms with E-state index < -0.39 is 43.1 Å². The third-order valence-corrected chi connectivity index (χ3v) is 3.40. The Morgan fingerprint density at radius 1 is 0.889 bits per heavy atom. The number of ether oxygens (including phenoxy) is 1. The molecule has 10 heteroatoms. The molecule has 0 bridgehead atoms. The van der Waals surface area contributed by atoms with E-state index in [1.165, 1.54) is 6.92 Å². The van der Waals surface area contributed by atoms with Crippen LogP contribution in [0.3, 0.4) is 0 Å². The van der Waals surface area contributed by atoms with Gasteiger partial charge in [0.05, 0.1) is 25.2 Å². The fraction of sp³-hybridized carbons (Fsp3) is 0.706. The SMILES string of the molecule is C=C(C)C(=O)OCC(CO)(CO)CO.O=C(O)CCCCCCC(=O)O.[Ca+2].[H-].[H-]. The summed E-state index contributed by atoms with van der Waals surface area (Å²) >= 11 is 0. The molecule has 0 radical (unpaired) electrons. The van der Waals surface area contributed by atoms with Crippen molar-refractivity contribution in [2.45, 2.75) is 45.4 Å². The largest absolute Gasteiger partial charge is 2.00 e. The van der Waals surface area contributed by atoms with Crippen molar-refractivity contribution in [3.8, 4) is 0 Å². The van der Waals surface area contributed by atoms with Crippen LogP contribution in [0.15, 0.2) is 12.2 Å². The Balaban J connectivity index is -0.000000121. The molecule has 0 spiro atoms. The second-order valence-electron chi connectivity index (χ2n) is 6.03. The summed E-state index contributed by atoms with van der Waals surface area (Å²) in [6, 6.07) is 0. The molecule has 0 amide bonds. The second kappa shape index (κ2) is 18.6. The molecule has 156 valence electrons. The zero-order valence-corrected chi connectivity index (χ0v) is 18.1. The predicted octanol–water partition coefficient (Wildman–Crippen LogP) is 0.409. The van der Waals surface area contributed by atoms with Crippen molar-refractivity contribution in [2.24, 2.45) is 5.41 Å². The molecule has 0 aliphatic rings. The van der Waals surface area contributed by atoms with Gasteiger partial charge in [-0.1, -0.05) is 19.4 Å². The van der Waals surface area contributed by atoms with Gasteiger partial charge < -0.3 is 33.1 Å². The Kier molecular flexibility index (Phi) is 21.4. The zero-order chi connectivity index (χ0) is 20.6. The third-order valence-electron chi connectivity index (χ3n) is 3.40. The van der Waals surface area contributed by atoms with Crippen LogP contribution in [-0.4, -0.2) is 108 Å². The first-order valence-corrected chi connectivity index (χ1v) is 8.23. The molecule has 0 rings (SSSR count). The number of carboxylic acid groups (broad SMARTS) is 2. The number of aliphatic hydroxyl groups is 3. The summed E-state index contributed by atoms with van der Waals surface area (Å²) in [7, 11) is 0. The number of esters is 1. The second-order valence-corrected chi connectivity index (χ2v) is 6.03. The Bertz CT molecular complexity index is 432. The van der Waals surface area contributed by atoms with Crippen LogP contribution < -0.4 is 0 Å². The maximum absolute atomic E-state index is 11.0. The van der Waals surface area contributed by atoms with Crippen molar-refractivity contribution < 1.29 is 47.5 Å². The maximum atomic E-state index is 11.0. The molecule has 27 heavy (non-hydrogen) atoms. The minimum Gasteiger partial charge on any atom is -1.00 e. The average molecular weight is 421 g/mol. The van der Waals surface area contributed by atoms with Crippen LogP contribution in [0.2, 0.25) is 0 Å². The molecule has 0 unspecified atom stereocenters. The summed E-state index contributed by atoms with van der Waals surface area (Å²) in [6.07, 6.45) is 3.28. The third kappa shape index (κ3) is 18.4. The Morgan fingerprint density at radius 2 is 1.26 bits per heavy atom. The fourth-order valence-corrected chi connectivity index (χ4v) is 1.53. The first-order chi connectivity index (χ1) is 12.1. The molecule has 0 aliphatic heterocycles. The van der Waals surface area contributed by atoms with Crippen LogP contribution in [0.1, 0.15) is 48.3 Å². The van der Waals surface area contributed by atoms with E-state index in [0.717, 1.165) is 12.8 Å². The molecule has 0 aromatic rings. The summed E-state index contributed by atoms with van der Waals surface area (Å²) in [4.78, 5) is 31.1. The maximum Gasteiger partial charge on any atom is 2.00 e. The van der Waals surface area contributed by atoms with E-state index in [1.54, 1.807) is 0 Å². The van der Waals surface area contributed by atoms with Gasteiger partial charge >= 0.3 is 55.6 Å². The minimum atomic E-state index is -1.18. The Morgan fingerprint density at radius 3 is 1.52 bits per heavy atom. The number of carbonyl (C=O) groups excluding carboxylic acids is 1. The van der Waals surface area contributed by atoms with Crippen LogP contribution in [-0.2, 0) is 19.1 Å². The van der Waals surface area contributed by atoms with Gasteiger partial charge in [0.2, 0.25) is 0 Å². The molecule has 0 aromatic heterocycles. The number of aliphatic hydroxyl groups excluding tert-OH is 3. The summed E-state index contributed by atoms with van der Waals surface area (Å²) in [5, 5.41) is 43.2. The molecule has 0 fully saturated rings. The van der Waals surface area contributed by atoms with Gasteiger partial charge in [-0.2, -0.15) is 0 Å². The molecule has 0 atom stereocenters. The van der Waals surface area contributed by atoms with Crippen LogP contribution >= 0.6 is 0 Å². The van der Waals surface area contributed by atoms with Crippen molar-refractivity contribution in [1.29, 1.82) is 0 Å². The number of carboxylic acids is 2. The molecule has 0 saturated carbocycles. The molecule has 5 N–H and O–H groups in total. The predicted molar refractivity (Wildman–Crippen MR) is 100 cm³/mol. The van der Waals surface area contributed by atoms with Crippen LogP contribution in [0.4, 0.5) is 0 Å². The van der Waals surface area contributed by atoms with E-state index in [4.69, 9.17) is 30.3 Å². The van der Waals surface area contributed by atoms with E-state index in [0.29, 0.717) is 12.8 Å². The number of aliphatic carboxylic acids is 2. The molecule has 0 aliphatic carbocycles. The first kappa shape index (κ1) is 31.0. The first-order valence-electron chi connectivity index (χ1n) is 8.23. The van der Waals surface area contributed by atoms with E-state index >= 15 is 0 Å². The van der Waals surface area contributed by atoms with Gasteiger partial charge in [-0.15, -0.1) is 0 Å². The van der Waals surface area contributed by atoms with Crippen molar-refractivity contribution in [2.75, 3.05) is 26.4 Å². The molecular formula is C17H32CaO9. The fourth-order valence-electron chi connectivity index (χ4n) is 1.53. The van der Waals surface area contributed by atoms with E-state index in [2.05, 4.69) is 6.58 Å². The molecule has 0 saturated heterocycles. The zero-order valence-electron chi connectivity index (χ0n) is 17.9. The topological polar surface area (TPSA) is 162 Å². The number of unbranched alkanes of at least 4 members (excludes halogenated alkanes) is 3. The minimum absolute atomic E-state index is 0. The number of hydrogen-bond donors (Lipinski definition) is 5. The summed E-state index contributed by atoms with van der Waals surface area (Å²) in [5.74, 6) is -2.17. The summed E-state index contributed by atoms with van der Waals surface area (Å²) in [6.45, 7) is 3.26. The quantitative estimate of drug-likeness (QED) is 0.123. The number of hydrogen-bond acceptors (Lipinski definition) is 7. The van der Waals surface area contributed by atoms with Crippen molar-refractivity contribution in [1.82, 2.24) is 0 Å². The summed E-state index contributed by atoms with van der Waals surface area (Å²) in [5.41, 5.74) is -0.946. The van der Waals surface area contributed by atoms with Gasteiger partial charge in [0, 0.05) is 18.4 Å². The molecule has 9 nitrogen and oxygen atoms in total. The van der Waals surface area contributed by atoms with Gasteiger partial charge in [-0.25, -0.2) is 4.79 Å².